The summed E-state index contributed by atoms with van der Waals surface area (Å²) in [6.45, 7) is 0. The number of imidazole rings is 2. The van der Waals surface area contributed by atoms with E-state index >= 15 is 0 Å². The number of nitrogens with one attached hydrogen (secondary N) is 1. The number of halogens is 2. The van der Waals surface area contributed by atoms with Crippen LogP contribution >= 0.6 is 15.9 Å². The smallest absolute Gasteiger partial charge is 0.355 e. The van der Waals surface area contributed by atoms with Gasteiger partial charge in [0.1, 0.15) is 10.1 Å². The van der Waals surface area contributed by atoms with Crippen LogP contribution in [0.2, 0.25) is 0 Å². The fraction of sp³-hybridized carbons (Fsp3) is 0. The highest BCUT2D eigenvalue weighted by molar-refractivity contribution is 9.10. The lowest BCUT2D eigenvalue weighted by atomic mass is 10.3. The summed E-state index contributed by atoms with van der Waals surface area (Å²) < 4.78 is 15.3. The molecule has 2 heterocycles. The summed E-state index contributed by atoms with van der Waals surface area (Å²) in [5, 5.41) is 8.94. The van der Waals surface area contributed by atoms with Crippen molar-refractivity contribution in [2.75, 3.05) is 0 Å². The molecule has 0 aliphatic heterocycles. The summed E-state index contributed by atoms with van der Waals surface area (Å²) in [4.78, 5) is 17.6. The van der Waals surface area contributed by atoms with Gasteiger partial charge in [0.2, 0.25) is 5.78 Å². The molecule has 0 aliphatic rings. The number of rotatable bonds is 1. The molecule has 3 rings (SSSR count). The van der Waals surface area contributed by atoms with E-state index in [-0.39, 0.29) is 17.0 Å². The lowest BCUT2D eigenvalue weighted by molar-refractivity contribution is 0.0690. The van der Waals surface area contributed by atoms with E-state index < -0.39 is 11.8 Å². The first-order valence-corrected chi connectivity index (χ1v) is 5.46. The normalized spacial score (nSPS) is 11.4. The van der Waals surface area contributed by atoms with Gasteiger partial charge < -0.3 is 10.1 Å². The number of hydrogen-bond donors (Lipinski definition) is 2. The molecule has 17 heavy (non-hydrogen) atoms. The molecule has 0 unspecified atom stereocenters. The fourth-order valence-corrected chi connectivity index (χ4v) is 2.39. The van der Waals surface area contributed by atoms with Crippen LogP contribution in [0.5, 0.6) is 0 Å². The number of para-hydroxylation sites is 1. The Bertz CT molecular complexity index is 762. The van der Waals surface area contributed by atoms with Gasteiger partial charge in [-0.25, -0.2) is 14.2 Å². The second-order valence-electron chi connectivity index (χ2n) is 3.47. The van der Waals surface area contributed by atoms with Gasteiger partial charge in [-0.05, 0) is 28.1 Å². The molecule has 5 nitrogen and oxygen atoms in total. The number of aromatic carboxylic acids is 1. The zero-order valence-corrected chi connectivity index (χ0v) is 9.82. The summed E-state index contributed by atoms with van der Waals surface area (Å²) in [6, 6.07) is 4.52. The van der Waals surface area contributed by atoms with Gasteiger partial charge in [-0.2, -0.15) is 0 Å². The monoisotopic (exact) mass is 297 g/mol. The van der Waals surface area contributed by atoms with Gasteiger partial charge in [-0.15, -0.1) is 0 Å². The molecule has 2 N–H and O–H groups in total. The Labute approximate surface area is 102 Å². The Kier molecular flexibility index (Phi) is 1.99. The number of aromatic amines is 1. The second kappa shape index (κ2) is 3.30. The van der Waals surface area contributed by atoms with Crippen LogP contribution in [0.3, 0.4) is 0 Å². The number of benzene rings is 1. The molecule has 3 aromatic rings. The molecule has 86 valence electrons. The van der Waals surface area contributed by atoms with Crippen molar-refractivity contribution < 1.29 is 14.3 Å². The lowest BCUT2D eigenvalue weighted by Crippen LogP contribution is -1.97. The van der Waals surface area contributed by atoms with Crippen LogP contribution in [0.25, 0.3) is 16.8 Å². The van der Waals surface area contributed by atoms with Crippen LogP contribution in [0.15, 0.2) is 22.8 Å². The van der Waals surface area contributed by atoms with Crippen molar-refractivity contribution in [3.63, 3.8) is 0 Å². The van der Waals surface area contributed by atoms with E-state index in [0.717, 1.165) is 0 Å². The quantitative estimate of drug-likeness (QED) is 0.725. The van der Waals surface area contributed by atoms with Gasteiger partial charge >= 0.3 is 5.97 Å². The third kappa shape index (κ3) is 1.29. The first-order chi connectivity index (χ1) is 8.09. The van der Waals surface area contributed by atoms with Crippen LogP contribution in [-0.4, -0.2) is 25.4 Å². The minimum atomic E-state index is -1.10. The zero-order valence-electron chi connectivity index (χ0n) is 8.24. The minimum Gasteiger partial charge on any atom is -0.476 e. The molecule has 0 bridgehead atoms. The molecule has 0 spiro atoms. The Morgan fingerprint density at radius 1 is 1.53 bits per heavy atom. The van der Waals surface area contributed by atoms with Crippen LogP contribution < -0.4 is 0 Å². The van der Waals surface area contributed by atoms with Crippen molar-refractivity contribution in [1.82, 2.24) is 14.4 Å². The maximum absolute atomic E-state index is 13.5. The number of fused-ring (bicyclic) bond motifs is 3. The molecule has 0 aliphatic carbocycles. The highest BCUT2D eigenvalue weighted by Gasteiger charge is 2.19. The summed E-state index contributed by atoms with van der Waals surface area (Å²) in [5.74, 6) is -1.26. The van der Waals surface area contributed by atoms with Gasteiger partial charge in [0.15, 0.2) is 11.5 Å². The van der Waals surface area contributed by atoms with Crippen LogP contribution in [-0.2, 0) is 0 Å². The fourth-order valence-electron chi connectivity index (χ4n) is 1.76. The van der Waals surface area contributed by atoms with E-state index in [1.807, 2.05) is 0 Å². The Morgan fingerprint density at radius 2 is 2.29 bits per heavy atom. The second-order valence-corrected chi connectivity index (χ2v) is 4.23. The third-order valence-corrected chi connectivity index (χ3v) is 3.24. The number of carbonyl (C=O) groups is 1. The maximum Gasteiger partial charge on any atom is 0.355 e. The molecule has 0 radical (unpaired) electrons. The van der Waals surface area contributed by atoms with Gasteiger partial charge in [0, 0.05) is 0 Å². The van der Waals surface area contributed by atoms with E-state index in [4.69, 9.17) is 5.11 Å². The van der Waals surface area contributed by atoms with E-state index in [9.17, 15) is 9.18 Å². The summed E-state index contributed by atoms with van der Waals surface area (Å²) in [6.07, 6.45) is 0. The van der Waals surface area contributed by atoms with Gasteiger partial charge in [-0.3, -0.25) is 4.40 Å². The molecule has 7 heteroatoms. The first-order valence-electron chi connectivity index (χ1n) is 4.67. The third-order valence-electron chi connectivity index (χ3n) is 2.49. The van der Waals surface area contributed by atoms with Crippen molar-refractivity contribution in [1.29, 1.82) is 0 Å². The van der Waals surface area contributed by atoms with Crippen LogP contribution in [0, 0.1) is 5.82 Å². The van der Waals surface area contributed by atoms with Gasteiger partial charge in [0.05, 0.1) is 5.52 Å². The number of H-pyrrole nitrogens is 1. The minimum absolute atomic E-state index is 0.0151. The van der Waals surface area contributed by atoms with Gasteiger partial charge in [0.25, 0.3) is 0 Å². The highest BCUT2D eigenvalue weighted by atomic mass is 79.9. The lowest BCUT2D eigenvalue weighted by Gasteiger charge is -1.94. The summed E-state index contributed by atoms with van der Waals surface area (Å²) >= 11 is 3.17. The van der Waals surface area contributed by atoms with E-state index in [1.165, 1.54) is 10.5 Å². The van der Waals surface area contributed by atoms with Crippen molar-refractivity contribution in [2.24, 2.45) is 0 Å². The molecule has 0 saturated carbocycles. The average Bonchev–Trinajstić information content (AvgIpc) is 2.78. The number of carboxylic acid groups (broad SMARTS) is 1. The zero-order chi connectivity index (χ0) is 12.2. The van der Waals surface area contributed by atoms with Crippen molar-refractivity contribution in [3.05, 3.63) is 34.3 Å². The standard InChI is InChI=1S/C10H5BrFN3O2/c11-8-7(9(16)17)14-10-13-6-4(12)2-1-3-5(6)15(8)10/h1-3H,(H,13,14)(H,16,17). The largest absolute Gasteiger partial charge is 0.476 e. The predicted octanol–water partition coefficient (Wildman–Crippen LogP) is 2.42. The Morgan fingerprint density at radius 3 is 3.00 bits per heavy atom. The first kappa shape index (κ1) is 10.3. The Hall–Kier alpha value is -1.89. The van der Waals surface area contributed by atoms with Crippen molar-refractivity contribution in [2.45, 2.75) is 0 Å². The molecular formula is C10H5BrFN3O2. The maximum atomic E-state index is 13.5. The number of aromatic nitrogens is 3. The van der Waals surface area contributed by atoms with E-state index in [2.05, 4.69) is 25.9 Å². The summed E-state index contributed by atoms with van der Waals surface area (Å²) in [7, 11) is 0. The van der Waals surface area contributed by atoms with E-state index in [0.29, 0.717) is 10.1 Å². The SMILES string of the molecule is O=C(O)c1[nH]c2nc3c(F)cccc3n2c1Br. The molecule has 0 atom stereocenters. The van der Waals surface area contributed by atoms with Crippen molar-refractivity contribution in [3.8, 4) is 0 Å². The van der Waals surface area contributed by atoms with Crippen molar-refractivity contribution >= 4 is 38.7 Å². The number of carboxylic acids is 1. The Balaban J connectivity index is 2.50. The highest BCUT2D eigenvalue weighted by Crippen LogP contribution is 2.25. The molecular weight excluding hydrogens is 293 g/mol. The molecule has 1 aromatic carbocycles. The number of nitrogens with zero attached hydrogens (tertiary/aromatic N) is 2. The summed E-state index contributed by atoms with van der Waals surface area (Å²) in [5.41, 5.74) is 0.700. The molecule has 2 aromatic heterocycles. The predicted molar refractivity (Wildman–Crippen MR) is 61.7 cm³/mol. The number of hydrogen-bond acceptors (Lipinski definition) is 2. The topological polar surface area (TPSA) is 70.4 Å². The van der Waals surface area contributed by atoms with Crippen LogP contribution in [0.1, 0.15) is 10.5 Å². The molecule has 0 fully saturated rings. The van der Waals surface area contributed by atoms with E-state index in [1.54, 1.807) is 12.1 Å². The average molecular weight is 298 g/mol. The van der Waals surface area contributed by atoms with Crippen LogP contribution in [0.4, 0.5) is 4.39 Å². The molecule has 0 saturated heterocycles. The van der Waals surface area contributed by atoms with Gasteiger partial charge in [-0.1, -0.05) is 6.07 Å². The molecule has 0 amide bonds.